The average Bonchev–Trinajstić information content (AvgIpc) is 2.98. The molecule has 0 bridgehead atoms. The number of benzene rings is 1. The highest BCUT2D eigenvalue weighted by molar-refractivity contribution is 6.04. The Kier molecular flexibility index (Phi) is 6.21. The fourth-order valence-corrected chi connectivity index (χ4v) is 3.98. The molecule has 0 unspecified atom stereocenters. The third-order valence-electron chi connectivity index (χ3n) is 5.49. The van der Waals surface area contributed by atoms with Crippen molar-refractivity contribution in [1.29, 1.82) is 0 Å². The lowest BCUT2D eigenvalue weighted by atomic mass is 10.1. The molecule has 1 aromatic heterocycles. The number of anilines is 2. The van der Waals surface area contributed by atoms with E-state index in [1.54, 1.807) is 12.1 Å². The van der Waals surface area contributed by atoms with Gasteiger partial charge in [-0.3, -0.25) is 19.6 Å². The highest BCUT2D eigenvalue weighted by atomic mass is 16.2. The van der Waals surface area contributed by atoms with Crippen LogP contribution in [0.15, 0.2) is 24.3 Å². The molecule has 0 atom stereocenters. The van der Waals surface area contributed by atoms with E-state index in [1.807, 2.05) is 12.1 Å². The van der Waals surface area contributed by atoms with Gasteiger partial charge in [-0.2, -0.15) is 5.10 Å². The smallest absolute Gasteiger partial charge is 0.276 e. The zero-order chi connectivity index (χ0) is 20.1. The van der Waals surface area contributed by atoms with Gasteiger partial charge in [0, 0.05) is 42.1 Å². The van der Waals surface area contributed by atoms with Gasteiger partial charge in [-0.15, -0.1) is 0 Å². The molecule has 29 heavy (non-hydrogen) atoms. The number of rotatable bonds is 5. The summed E-state index contributed by atoms with van der Waals surface area (Å²) in [7, 11) is 0. The summed E-state index contributed by atoms with van der Waals surface area (Å²) in [5.41, 5.74) is 3.67. The first kappa shape index (κ1) is 19.6. The van der Waals surface area contributed by atoms with E-state index < -0.39 is 0 Å². The number of fused-ring (bicyclic) bond motifs is 1. The predicted octanol–water partition coefficient (Wildman–Crippen LogP) is 2.12. The summed E-state index contributed by atoms with van der Waals surface area (Å²) in [6.07, 6.45) is 5.64. The van der Waals surface area contributed by atoms with E-state index in [1.165, 1.54) is 12.8 Å². The van der Waals surface area contributed by atoms with Crippen molar-refractivity contribution in [3.63, 3.8) is 0 Å². The standard InChI is InChI=1S/C21H28N6O2/c28-19(14-27-10-3-1-2-4-11-27)23-15-6-5-7-16(12-15)24-21(29)20-17-13-22-9-8-18(17)25-26-20/h5-7,12,22H,1-4,8-11,13-14H2,(H,23,28)(H,24,29)(H,25,26). The summed E-state index contributed by atoms with van der Waals surface area (Å²) < 4.78 is 0. The molecule has 0 spiro atoms. The monoisotopic (exact) mass is 396 g/mol. The lowest BCUT2D eigenvalue weighted by Crippen LogP contribution is -2.33. The Labute approximate surface area is 170 Å². The van der Waals surface area contributed by atoms with Crippen molar-refractivity contribution in [3.05, 3.63) is 41.2 Å². The number of nitrogens with zero attached hydrogens (tertiary/aromatic N) is 2. The Hall–Kier alpha value is -2.71. The zero-order valence-corrected chi connectivity index (χ0v) is 16.6. The molecule has 2 aliphatic rings. The van der Waals surface area contributed by atoms with E-state index in [0.717, 1.165) is 50.2 Å². The fourth-order valence-electron chi connectivity index (χ4n) is 3.98. The maximum Gasteiger partial charge on any atom is 0.276 e. The van der Waals surface area contributed by atoms with Crippen LogP contribution in [0.4, 0.5) is 11.4 Å². The van der Waals surface area contributed by atoms with Crippen molar-refractivity contribution in [3.8, 4) is 0 Å². The largest absolute Gasteiger partial charge is 0.325 e. The molecule has 4 N–H and O–H groups in total. The number of amides is 2. The summed E-state index contributed by atoms with van der Waals surface area (Å²) >= 11 is 0. The number of carbonyl (C=O) groups excluding carboxylic acids is 2. The van der Waals surface area contributed by atoms with Crippen LogP contribution in [0.5, 0.6) is 0 Å². The van der Waals surface area contributed by atoms with Gasteiger partial charge in [0.1, 0.15) is 0 Å². The number of nitrogens with one attached hydrogen (secondary N) is 4. The minimum absolute atomic E-state index is 0.0252. The molecular weight excluding hydrogens is 368 g/mol. The van der Waals surface area contributed by atoms with Crippen LogP contribution in [0, 0.1) is 0 Å². The third kappa shape index (κ3) is 5.02. The zero-order valence-electron chi connectivity index (χ0n) is 16.6. The molecule has 0 saturated carbocycles. The molecule has 1 saturated heterocycles. The van der Waals surface area contributed by atoms with Gasteiger partial charge in [-0.05, 0) is 44.1 Å². The number of likely N-dealkylation sites (tertiary alicyclic amines) is 1. The fraction of sp³-hybridized carbons (Fsp3) is 0.476. The van der Waals surface area contributed by atoms with Crippen molar-refractivity contribution < 1.29 is 9.59 Å². The van der Waals surface area contributed by atoms with E-state index in [0.29, 0.717) is 30.2 Å². The van der Waals surface area contributed by atoms with Crippen LogP contribution in [0.1, 0.15) is 47.4 Å². The topological polar surface area (TPSA) is 102 Å². The molecule has 0 aliphatic carbocycles. The molecule has 8 heteroatoms. The SMILES string of the molecule is O=C(CN1CCCCCC1)Nc1cccc(NC(=O)c2n[nH]c3c2CNCC3)c1. The lowest BCUT2D eigenvalue weighted by Gasteiger charge is -2.19. The van der Waals surface area contributed by atoms with Gasteiger partial charge in [-0.25, -0.2) is 0 Å². The van der Waals surface area contributed by atoms with Gasteiger partial charge in [0.2, 0.25) is 5.91 Å². The summed E-state index contributed by atoms with van der Waals surface area (Å²) in [4.78, 5) is 27.3. The number of aromatic amines is 1. The van der Waals surface area contributed by atoms with E-state index in [2.05, 4.69) is 31.0 Å². The van der Waals surface area contributed by atoms with Gasteiger partial charge in [0.15, 0.2) is 5.69 Å². The molecule has 8 nitrogen and oxygen atoms in total. The molecule has 2 aliphatic heterocycles. The Morgan fingerprint density at radius 3 is 2.62 bits per heavy atom. The molecule has 3 heterocycles. The molecule has 2 aromatic rings. The van der Waals surface area contributed by atoms with E-state index >= 15 is 0 Å². The van der Waals surface area contributed by atoms with Gasteiger partial charge in [0.25, 0.3) is 5.91 Å². The van der Waals surface area contributed by atoms with Crippen molar-refractivity contribution in [2.24, 2.45) is 0 Å². The molecule has 4 rings (SSSR count). The average molecular weight is 396 g/mol. The Bertz CT molecular complexity index is 870. The van der Waals surface area contributed by atoms with Crippen molar-refractivity contribution in [1.82, 2.24) is 20.4 Å². The minimum atomic E-state index is -0.251. The lowest BCUT2D eigenvalue weighted by molar-refractivity contribution is -0.117. The quantitative estimate of drug-likeness (QED) is 0.620. The predicted molar refractivity (Wildman–Crippen MR) is 112 cm³/mol. The third-order valence-corrected chi connectivity index (χ3v) is 5.49. The van der Waals surface area contributed by atoms with Crippen LogP contribution < -0.4 is 16.0 Å². The van der Waals surface area contributed by atoms with Gasteiger partial charge in [-0.1, -0.05) is 18.9 Å². The van der Waals surface area contributed by atoms with E-state index in [-0.39, 0.29) is 11.8 Å². The Morgan fingerprint density at radius 1 is 1.07 bits per heavy atom. The highest BCUT2D eigenvalue weighted by Gasteiger charge is 2.21. The van der Waals surface area contributed by atoms with Crippen LogP contribution in [0.2, 0.25) is 0 Å². The first-order chi connectivity index (χ1) is 14.2. The van der Waals surface area contributed by atoms with Crippen molar-refractivity contribution in [2.75, 3.05) is 36.8 Å². The molecular formula is C21H28N6O2. The minimum Gasteiger partial charge on any atom is -0.325 e. The summed E-state index contributed by atoms with van der Waals surface area (Å²) in [5.74, 6) is -0.276. The second kappa shape index (κ2) is 9.19. The second-order valence-corrected chi connectivity index (χ2v) is 7.73. The first-order valence-corrected chi connectivity index (χ1v) is 10.4. The molecule has 1 aromatic carbocycles. The molecule has 1 fully saturated rings. The van der Waals surface area contributed by atoms with E-state index in [4.69, 9.17) is 0 Å². The molecule has 2 amide bonds. The Morgan fingerprint density at radius 2 is 1.83 bits per heavy atom. The molecule has 154 valence electrons. The number of H-pyrrole nitrogens is 1. The normalized spacial score (nSPS) is 17.2. The van der Waals surface area contributed by atoms with Crippen LogP contribution in [0.25, 0.3) is 0 Å². The van der Waals surface area contributed by atoms with E-state index in [9.17, 15) is 9.59 Å². The number of hydrogen-bond acceptors (Lipinski definition) is 5. The number of hydrogen-bond donors (Lipinski definition) is 4. The summed E-state index contributed by atoms with van der Waals surface area (Å²) in [6, 6.07) is 7.23. The van der Waals surface area contributed by atoms with Gasteiger partial charge < -0.3 is 16.0 Å². The second-order valence-electron chi connectivity index (χ2n) is 7.73. The van der Waals surface area contributed by atoms with Crippen LogP contribution in [0.3, 0.4) is 0 Å². The van der Waals surface area contributed by atoms with Crippen LogP contribution >= 0.6 is 0 Å². The van der Waals surface area contributed by atoms with Gasteiger partial charge >= 0.3 is 0 Å². The van der Waals surface area contributed by atoms with Crippen molar-refractivity contribution >= 4 is 23.2 Å². The maximum absolute atomic E-state index is 12.7. The van der Waals surface area contributed by atoms with Gasteiger partial charge in [0.05, 0.1) is 6.54 Å². The number of aromatic nitrogens is 2. The summed E-state index contributed by atoms with van der Waals surface area (Å²) in [6.45, 7) is 3.89. The van der Waals surface area contributed by atoms with Crippen molar-refractivity contribution in [2.45, 2.75) is 38.6 Å². The summed E-state index contributed by atoms with van der Waals surface area (Å²) in [5, 5.41) is 16.2. The molecule has 0 radical (unpaired) electrons. The first-order valence-electron chi connectivity index (χ1n) is 10.4. The maximum atomic E-state index is 12.7. The van der Waals surface area contributed by atoms with Crippen LogP contribution in [-0.2, 0) is 17.8 Å². The van der Waals surface area contributed by atoms with Crippen LogP contribution in [-0.4, -0.2) is 53.1 Å². The number of carbonyl (C=O) groups is 2. The highest BCUT2D eigenvalue weighted by Crippen LogP contribution is 2.19. The Balaban J connectivity index is 1.36.